The van der Waals surface area contributed by atoms with Crippen molar-refractivity contribution >= 4 is 11.3 Å². The van der Waals surface area contributed by atoms with E-state index in [0.29, 0.717) is 4.88 Å². The Kier molecular flexibility index (Phi) is 3.75. The van der Waals surface area contributed by atoms with Crippen molar-refractivity contribution in [3.8, 4) is 0 Å². The van der Waals surface area contributed by atoms with E-state index in [1.54, 1.807) is 0 Å². The minimum atomic E-state index is -4.49. The lowest BCUT2D eigenvalue weighted by molar-refractivity contribution is -0.139. The maximum Gasteiger partial charge on any atom is 0.416 e. The van der Waals surface area contributed by atoms with Crippen LogP contribution in [-0.4, -0.2) is 10.1 Å². The molecule has 0 aromatic carbocycles. The number of pyridine rings is 1. The number of rotatable bonds is 2. The van der Waals surface area contributed by atoms with E-state index >= 15 is 0 Å². The number of aromatic nitrogens is 1. The lowest BCUT2D eigenvalue weighted by Crippen LogP contribution is -2.12. The number of aryl methyl sites for hydroxylation is 2. The number of aliphatic hydroxyl groups excluding tert-OH is 1. The first-order chi connectivity index (χ1) is 9.97. The van der Waals surface area contributed by atoms with Crippen LogP contribution in [0.5, 0.6) is 0 Å². The molecular formula is C15H14F3NOS. The molecule has 0 saturated carbocycles. The molecule has 1 aliphatic rings. The van der Waals surface area contributed by atoms with Crippen LogP contribution in [-0.2, 0) is 19.0 Å². The van der Waals surface area contributed by atoms with Gasteiger partial charge in [0.2, 0.25) is 0 Å². The van der Waals surface area contributed by atoms with Gasteiger partial charge in [0, 0.05) is 27.7 Å². The maximum atomic E-state index is 13.0. The van der Waals surface area contributed by atoms with Gasteiger partial charge in [-0.2, -0.15) is 13.2 Å². The fourth-order valence-electron chi connectivity index (χ4n) is 2.68. The molecule has 1 aliphatic carbocycles. The highest BCUT2D eigenvalue weighted by Gasteiger charge is 2.35. The zero-order valence-corrected chi connectivity index (χ0v) is 12.0. The Morgan fingerprint density at radius 2 is 2.00 bits per heavy atom. The molecule has 0 bridgehead atoms. The lowest BCUT2D eigenvalue weighted by atomic mass is 9.98. The number of hydrogen-bond acceptors (Lipinski definition) is 3. The van der Waals surface area contributed by atoms with Gasteiger partial charge in [0.05, 0.1) is 5.56 Å². The summed E-state index contributed by atoms with van der Waals surface area (Å²) >= 11 is 1.41. The predicted octanol–water partition coefficient (Wildman–Crippen LogP) is 4.12. The van der Waals surface area contributed by atoms with Gasteiger partial charge in [-0.05, 0) is 43.4 Å². The summed E-state index contributed by atoms with van der Waals surface area (Å²) in [5.41, 5.74) is 0.165. The summed E-state index contributed by atoms with van der Waals surface area (Å²) in [5, 5.41) is 10.4. The number of aliphatic hydroxyl groups is 1. The molecule has 1 atom stereocenters. The topological polar surface area (TPSA) is 33.1 Å². The molecule has 0 saturated heterocycles. The summed E-state index contributed by atoms with van der Waals surface area (Å²) in [5.74, 6) is 0. The van der Waals surface area contributed by atoms with Gasteiger partial charge in [-0.1, -0.05) is 0 Å². The molecule has 0 fully saturated rings. The van der Waals surface area contributed by atoms with E-state index in [1.165, 1.54) is 16.2 Å². The monoisotopic (exact) mass is 313 g/mol. The second-order valence-corrected chi connectivity index (χ2v) is 6.34. The Morgan fingerprint density at radius 1 is 1.24 bits per heavy atom. The summed E-state index contributed by atoms with van der Waals surface area (Å²) < 4.78 is 39.0. The van der Waals surface area contributed by atoms with E-state index < -0.39 is 17.8 Å². The quantitative estimate of drug-likeness (QED) is 0.904. The molecule has 0 spiro atoms. The van der Waals surface area contributed by atoms with E-state index in [1.807, 2.05) is 6.07 Å². The smallest absolute Gasteiger partial charge is 0.383 e. The molecular weight excluding hydrogens is 299 g/mol. The molecule has 2 heterocycles. The van der Waals surface area contributed by atoms with E-state index in [4.69, 9.17) is 0 Å². The first kappa shape index (κ1) is 14.5. The molecule has 3 rings (SSSR count). The molecule has 2 nitrogen and oxygen atoms in total. The highest BCUT2D eigenvalue weighted by atomic mass is 32.1. The van der Waals surface area contributed by atoms with Crippen molar-refractivity contribution in [2.75, 3.05) is 0 Å². The number of fused-ring (bicyclic) bond motifs is 1. The van der Waals surface area contributed by atoms with Crippen molar-refractivity contribution in [3.63, 3.8) is 0 Å². The number of thiophene rings is 1. The van der Waals surface area contributed by atoms with E-state index in [-0.39, 0.29) is 5.56 Å². The molecule has 1 unspecified atom stereocenters. The summed E-state index contributed by atoms with van der Waals surface area (Å²) in [7, 11) is 0. The fraction of sp³-hybridized carbons (Fsp3) is 0.400. The van der Waals surface area contributed by atoms with Crippen molar-refractivity contribution in [2.24, 2.45) is 0 Å². The van der Waals surface area contributed by atoms with Crippen LogP contribution in [0.1, 0.15) is 45.4 Å². The van der Waals surface area contributed by atoms with Crippen molar-refractivity contribution in [1.29, 1.82) is 0 Å². The molecule has 0 radical (unpaired) electrons. The van der Waals surface area contributed by atoms with Crippen LogP contribution >= 0.6 is 11.3 Å². The predicted molar refractivity (Wildman–Crippen MR) is 74.3 cm³/mol. The summed E-state index contributed by atoms with van der Waals surface area (Å²) in [6.07, 6.45) is 0.527. The Morgan fingerprint density at radius 3 is 2.71 bits per heavy atom. The second kappa shape index (κ2) is 5.42. The maximum absolute atomic E-state index is 13.0. The number of hydrogen-bond donors (Lipinski definition) is 1. The highest BCUT2D eigenvalue weighted by molar-refractivity contribution is 7.12. The van der Waals surface area contributed by atoms with Crippen molar-refractivity contribution in [3.05, 3.63) is 51.0 Å². The van der Waals surface area contributed by atoms with Crippen molar-refractivity contribution in [2.45, 2.75) is 38.0 Å². The number of halogens is 3. The molecule has 2 aromatic rings. The number of nitrogens with zero attached hydrogens (tertiary/aromatic N) is 1. The summed E-state index contributed by atoms with van der Waals surface area (Å²) in [6.45, 7) is 0. The van der Waals surface area contributed by atoms with Gasteiger partial charge in [-0.15, -0.1) is 11.3 Å². The van der Waals surface area contributed by atoms with Gasteiger partial charge in [-0.25, -0.2) is 0 Å². The van der Waals surface area contributed by atoms with Gasteiger partial charge >= 0.3 is 6.18 Å². The van der Waals surface area contributed by atoms with Crippen molar-refractivity contribution in [1.82, 2.24) is 4.98 Å². The van der Waals surface area contributed by atoms with Crippen LogP contribution in [0.2, 0.25) is 0 Å². The molecule has 21 heavy (non-hydrogen) atoms. The zero-order valence-electron chi connectivity index (χ0n) is 11.2. The molecule has 6 heteroatoms. The Balaban J connectivity index is 1.99. The summed E-state index contributed by atoms with van der Waals surface area (Å²) in [6, 6.07) is 2.75. The molecule has 1 N–H and O–H groups in total. The Bertz CT molecular complexity index is 627. The summed E-state index contributed by atoms with van der Waals surface area (Å²) in [4.78, 5) is 5.49. The molecule has 2 aromatic heterocycles. The fourth-order valence-corrected chi connectivity index (χ4v) is 3.95. The number of alkyl halides is 3. The average molecular weight is 313 g/mol. The van der Waals surface area contributed by atoms with Crippen LogP contribution < -0.4 is 0 Å². The van der Waals surface area contributed by atoms with Crippen LogP contribution in [0.4, 0.5) is 13.2 Å². The SMILES string of the molecule is OC(c1cc2c(s1)CCCC2)c1cnccc1C(F)(F)F. The third kappa shape index (κ3) is 2.82. The van der Waals surface area contributed by atoms with Crippen LogP contribution in [0, 0.1) is 0 Å². The minimum absolute atomic E-state index is 0.177. The van der Waals surface area contributed by atoms with E-state index in [0.717, 1.165) is 49.7 Å². The lowest BCUT2D eigenvalue weighted by Gasteiger charge is -2.15. The minimum Gasteiger partial charge on any atom is -0.383 e. The average Bonchev–Trinajstić information content (AvgIpc) is 2.89. The van der Waals surface area contributed by atoms with Gasteiger partial charge < -0.3 is 5.11 Å². The second-order valence-electron chi connectivity index (χ2n) is 5.17. The van der Waals surface area contributed by atoms with Crippen molar-refractivity contribution < 1.29 is 18.3 Å². The van der Waals surface area contributed by atoms with Gasteiger partial charge in [0.15, 0.2) is 0 Å². The third-order valence-corrected chi connectivity index (χ3v) is 5.03. The Hall–Kier alpha value is -1.40. The van der Waals surface area contributed by atoms with Gasteiger partial charge in [-0.3, -0.25) is 4.98 Å². The van der Waals surface area contributed by atoms with Crippen LogP contribution in [0.15, 0.2) is 24.5 Å². The van der Waals surface area contributed by atoms with E-state index in [9.17, 15) is 18.3 Å². The first-order valence-electron chi connectivity index (χ1n) is 6.77. The molecule has 0 amide bonds. The van der Waals surface area contributed by atoms with Gasteiger partial charge in [0.25, 0.3) is 0 Å². The van der Waals surface area contributed by atoms with Crippen LogP contribution in [0.3, 0.4) is 0 Å². The highest BCUT2D eigenvalue weighted by Crippen LogP contribution is 2.39. The standard InChI is InChI=1S/C15H14F3NOS/c16-15(17,18)11-5-6-19-8-10(11)14(20)13-7-9-3-1-2-4-12(9)21-13/h5-8,14,20H,1-4H2. The van der Waals surface area contributed by atoms with Gasteiger partial charge in [0.1, 0.15) is 6.10 Å². The third-order valence-electron chi connectivity index (χ3n) is 3.74. The normalized spacial score (nSPS) is 16.6. The zero-order chi connectivity index (χ0) is 15.0. The molecule has 112 valence electrons. The molecule has 0 aliphatic heterocycles. The largest absolute Gasteiger partial charge is 0.416 e. The van der Waals surface area contributed by atoms with Crippen LogP contribution in [0.25, 0.3) is 0 Å². The first-order valence-corrected chi connectivity index (χ1v) is 7.59. The Labute approximate surface area is 124 Å². The van der Waals surface area contributed by atoms with E-state index in [2.05, 4.69) is 4.98 Å².